The number of esters is 1. The number of hydrogen-bond acceptors (Lipinski definition) is 6. The van der Waals surface area contributed by atoms with Crippen LogP contribution in [0.4, 0.5) is 24.0 Å². The van der Waals surface area contributed by atoms with Gasteiger partial charge in [-0.1, -0.05) is 11.3 Å². The molecule has 2 aromatic carbocycles. The molecule has 1 amide bonds. The molecule has 10 heteroatoms. The average Bonchev–Trinajstić information content (AvgIpc) is 3.00. The van der Waals surface area contributed by atoms with E-state index in [1.807, 2.05) is 0 Å². The highest BCUT2D eigenvalue weighted by molar-refractivity contribution is 7.22. The molecule has 0 aliphatic rings. The molecule has 0 saturated carbocycles. The molecule has 0 aliphatic carbocycles. The van der Waals surface area contributed by atoms with Gasteiger partial charge in [0.1, 0.15) is 0 Å². The second-order valence-electron chi connectivity index (χ2n) is 5.85. The molecule has 3 N–H and O–H groups in total. The highest BCUT2D eigenvalue weighted by Gasteiger charge is 2.30. The molecule has 0 fully saturated rings. The Bertz CT molecular complexity index is 1030. The molecule has 0 aliphatic heterocycles. The fraction of sp³-hybridized carbons (Fsp3) is 0.167. The number of benzene rings is 2. The van der Waals surface area contributed by atoms with Crippen molar-refractivity contribution in [1.82, 2.24) is 4.98 Å². The third kappa shape index (κ3) is 4.39. The molecule has 0 spiro atoms. The number of carbonyl (C=O) groups excluding carboxylic acids is 2. The van der Waals surface area contributed by atoms with Crippen LogP contribution in [-0.2, 0) is 15.7 Å². The van der Waals surface area contributed by atoms with Crippen LogP contribution in [0, 0.1) is 0 Å². The highest BCUT2D eigenvalue weighted by atomic mass is 32.1. The van der Waals surface area contributed by atoms with Crippen LogP contribution in [0.3, 0.4) is 0 Å². The Morgan fingerprint density at radius 1 is 1.18 bits per heavy atom. The number of rotatable bonds is 4. The number of thiazole rings is 1. The third-order valence-corrected chi connectivity index (χ3v) is 4.62. The van der Waals surface area contributed by atoms with E-state index in [2.05, 4.69) is 10.3 Å². The number of nitrogens with one attached hydrogen (secondary N) is 1. The van der Waals surface area contributed by atoms with Gasteiger partial charge in [0.2, 0.25) is 0 Å². The second kappa shape index (κ2) is 7.47. The van der Waals surface area contributed by atoms with Crippen molar-refractivity contribution in [1.29, 1.82) is 0 Å². The fourth-order valence-electron chi connectivity index (χ4n) is 2.34. The zero-order chi connectivity index (χ0) is 20.5. The monoisotopic (exact) mass is 409 g/mol. The van der Waals surface area contributed by atoms with Crippen LogP contribution >= 0.6 is 11.3 Å². The Balaban J connectivity index is 1.63. The van der Waals surface area contributed by atoms with Gasteiger partial charge in [-0.2, -0.15) is 13.2 Å². The predicted octanol–water partition coefficient (Wildman–Crippen LogP) is 4.08. The maximum Gasteiger partial charge on any atom is 0.416 e. The van der Waals surface area contributed by atoms with Gasteiger partial charge in [0.25, 0.3) is 5.91 Å². The summed E-state index contributed by atoms with van der Waals surface area (Å²) in [6, 6.07) is 8.63. The SMILES string of the molecule is CC(OC(=O)c1ccc2nc(N)sc2c1)C(=O)Nc1ccc(C(F)(F)F)cc1. The van der Waals surface area contributed by atoms with Gasteiger partial charge in [-0.05, 0) is 49.4 Å². The fourth-order valence-corrected chi connectivity index (χ4v) is 3.11. The van der Waals surface area contributed by atoms with E-state index in [1.165, 1.54) is 24.3 Å². The van der Waals surface area contributed by atoms with Crippen molar-refractivity contribution >= 4 is 44.2 Å². The zero-order valence-corrected chi connectivity index (χ0v) is 15.2. The lowest BCUT2D eigenvalue weighted by Crippen LogP contribution is -2.30. The van der Waals surface area contributed by atoms with Crippen molar-refractivity contribution in [3.05, 3.63) is 53.6 Å². The highest BCUT2D eigenvalue weighted by Crippen LogP contribution is 2.30. The van der Waals surface area contributed by atoms with Gasteiger partial charge in [-0.15, -0.1) is 0 Å². The van der Waals surface area contributed by atoms with E-state index in [1.54, 1.807) is 12.1 Å². The quantitative estimate of drug-likeness (QED) is 0.633. The number of nitrogens with two attached hydrogens (primary N) is 1. The molecular weight excluding hydrogens is 395 g/mol. The summed E-state index contributed by atoms with van der Waals surface area (Å²) in [5.41, 5.74) is 5.82. The van der Waals surface area contributed by atoms with Gasteiger partial charge < -0.3 is 15.8 Å². The minimum atomic E-state index is -4.46. The number of carbonyl (C=O) groups is 2. The summed E-state index contributed by atoms with van der Waals surface area (Å²) < 4.78 is 43.5. The minimum absolute atomic E-state index is 0.155. The van der Waals surface area contributed by atoms with Crippen molar-refractivity contribution < 1.29 is 27.5 Å². The van der Waals surface area contributed by atoms with E-state index < -0.39 is 29.7 Å². The van der Waals surface area contributed by atoms with E-state index in [0.717, 1.165) is 24.3 Å². The number of amides is 1. The first-order valence-electron chi connectivity index (χ1n) is 7.98. The van der Waals surface area contributed by atoms with Crippen LogP contribution in [0.25, 0.3) is 10.2 Å². The number of hydrogen-bond donors (Lipinski definition) is 2. The van der Waals surface area contributed by atoms with Gasteiger partial charge in [0, 0.05) is 5.69 Å². The van der Waals surface area contributed by atoms with Crippen molar-refractivity contribution in [3.63, 3.8) is 0 Å². The number of nitrogen functional groups attached to an aromatic ring is 1. The van der Waals surface area contributed by atoms with Gasteiger partial charge in [0.05, 0.1) is 21.3 Å². The van der Waals surface area contributed by atoms with Gasteiger partial charge in [-0.3, -0.25) is 4.79 Å². The standard InChI is InChI=1S/C18H14F3N3O3S/c1-9(15(25)23-12-5-3-11(4-6-12)18(19,20)21)27-16(26)10-2-7-13-14(8-10)28-17(22)24-13/h2-9H,1H3,(H2,22,24)(H,23,25). The maximum atomic E-state index is 12.6. The molecule has 1 atom stereocenters. The number of halogens is 3. The van der Waals surface area contributed by atoms with Crippen LogP contribution in [0.5, 0.6) is 0 Å². The molecule has 146 valence electrons. The van der Waals surface area contributed by atoms with E-state index >= 15 is 0 Å². The number of nitrogens with zero attached hydrogens (tertiary/aromatic N) is 1. The Labute approximate surface area is 161 Å². The number of alkyl halides is 3. The summed E-state index contributed by atoms with van der Waals surface area (Å²) in [6.45, 7) is 1.36. The molecule has 1 unspecified atom stereocenters. The lowest BCUT2D eigenvalue weighted by Gasteiger charge is -2.14. The molecule has 0 saturated heterocycles. The maximum absolute atomic E-state index is 12.6. The van der Waals surface area contributed by atoms with Crippen LogP contribution in [-0.4, -0.2) is 23.0 Å². The number of aromatic nitrogens is 1. The molecule has 0 radical (unpaired) electrons. The van der Waals surface area contributed by atoms with E-state index in [4.69, 9.17) is 10.5 Å². The van der Waals surface area contributed by atoms with Crippen LogP contribution in [0.15, 0.2) is 42.5 Å². The van der Waals surface area contributed by atoms with Gasteiger partial charge >= 0.3 is 12.1 Å². The first-order valence-corrected chi connectivity index (χ1v) is 8.80. The van der Waals surface area contributed by atoms with Crippen molar-refractivity contribution in [3.8, 4) is 0 Å². The summed E-state index contributed by atoms with van der Waals surface area (Å²) in [5, 5.41) is 2.77. The topological polar surface area (TPSA) is 94.3 Å². The Hall–Kier alpha value is -3.14. The largest absolute Gasteiger partial charge is 0.449 e. The van der Waals surface area contributed by atoms with Crippen LogP contribution in [0.2, 0.25) is 0 Å². The number of fused-ring (bicyclic) bond motifs is 1. The smallest absolute Gasteiger partial charge is 0.416 e. The summed E-state index contributed by atoms with van der Waals surface area (Å²) in [7, 11) is 0. The normalized spacial score (nSPS) is 12.6. The zero-order valence-electron chi connectivity index (χ0n) is 14.4. The Kier molecular flexibility index (Phi) is 5.23. The lowest BCUT2D eigenvalue weighted by atomic mass is 10.2. The Morgan fingerprint density at radius 3 is 2.50 bits per heavy atom. The predicted molar refractivity (Wildman–Crippen MR) is 99.0 cm³/mol. The molecule has 1 aromatic heterocycles. The van der Waals surface area contributed by atoms with Crippen molar-refractivity contribution in [2.45, 2.75) is 19.2 Å². The van der Waals surface area contributed by atoms with Gasteiger partial charge in [0.15, 0.2) is 11.2 Å². The first kappa shape index (κ1) is 19.6. The summed E-state index contributed by atoms with van der Waals surface area (Å²) in [6.07, 6.45) is -5.62. The summed E-state index contributed by atoms with van der Waals surface area (Å²) in [5.74, 6) is -1.39. The van der Waals surface area contributed by atoms with Crippen LogP contribution < -0.4 is 11.1 Å². The molecule has 3 aromatic rings. The first-order chi connectivity index (χ1) is 13.1. The van der Waals surface area contributed by atoms with Crippen molar-refractivity contribution in [2.24, 2.45) is 0 Å². The van der Waals surface area contributed by atoms with E-state index in [9.17, 15) is 22.8 Å². The molecule has 3 rings (SSSR count). The van der Waals surface area contributed by atoms with Crippen LogP contribution in [0.1, 0.15) is 22.8 Å². The lowest BCUT2D eigenvalue weighted by molar-refractivity contribution is -0.137. The molecule has 28 heavy (non-hydrogen) atoms. The Morgan fingerprint density at radius 2 is 1.86 bits per heavy atom. The summed E-state index contributed by atoms with van der Waals surface area (Å²) >= 11 is 1.21. The van der Waals surface area contributed by atoms with Crippen molar-refractivity contribution in [2.75, 3.05) is 11.1 Å². The molecular formula is C18H14F3N3O3S. The third-order valence-electron chi connectivity index (χ3n) is 3.77. The average molecular weight is 409 g/mol. The molecule has 0 bridgehead atoms. The second-order valence-corrected chi connectivity index (χ2v) is 6.91. The molecule has 1 heterocycles. The van der Waals surface area contributed by atoms with E-state index in [-0.39, 0.29) is 11.3 Å². The molecule has 6 nitrogen and oxygen atoms in total. The number of anilines is 2. The van der Waals surface area contributed by atoms with E-state index in [0.29, 0.717) is 15.3 Å². The van der Waals surface area contributed by atoms with Gasteiger partial charge in [-0.25, -0.2) is 9.78 Å². The minimum Gasteiger partial charge on any atom is -0.449 e. The summed E-state index contributed by atoms with van der Waals surface area (Å²) in [4.78, 5) is 28.5. The number of ether oxygens (including phenoxy) is 1.